The highest BCUT2D eigenvalue weighted by Gasteiger charge is 2.47. The Morgan fingerprint density at radius 1 is 0.568 bits per heavy atom. The fourth-order valence-corrected chi connectivity index (χ4v) is 6.62. The van der Waals surface area contributed by atoms with Gasteiger partial charge in [0.05, 0.1) is 22.6 Å². The van der Waals surface area contributed by atoms with Crippen LogP contribution in [0.5, 0.6) is 0 Å². The molecule has 6 aromatic heterocycles. The van der Waals surface area contributed by atoms with E-state index in [2.05, 4.69) is 181 Å². The highest BCUT2D eigenvalue weighted by Crippen LogP contribution is 2.52. The lowest BCUT2D eigenvalue weighted by Crippen LogP contribution is -2.15. The minimum Gasteiger partial charge on any atom is -0.399 e. The zero-order valence-corrected chi connectivity index (χ0v) is 50.6. The molecule has 0 radical (unpaired) electrons. The summed E-state index contributed by atoms with van der Waals surface area (Å²) in [5, 5.41) is 9.32. The third kappa shape index (κ3) is 46.4. The van der Waals surface area contributed by atoms with Crippen molar-refractivity contribution in [3.63, 3.8) is 0 Å². The Morgan fingerprint density at radius 3 is 1.44 bits per heavy atom. The predicted molar refractivity (Wildman–Crippen MR) is 357 cm³/mol. The molecule has 1 aliphatic rings. The Bertz CT molecular complexity index is 2200. The van der Waals surface area contributed by atoms with E-state index in [0.717, 1.165) is 47.5 Å². The van der Waals surface area contributed by atoms with Crippen LogP contribution in [0, 0.1) is 43.4 Å². The van der Waals surface area contributed by atoms with Gasteiger partial charge in [0.15, 0.2) is 0 Å². The van der Waals surface area contributed by atoms with Crippen molar-refractivity contribution in [3.05, 3.63) is 149 Å². The fraction of sp³-hybridized carbons (Fsp3) is 0.597. The summed E-state index contributed by atoms with van der Waals surface area (Å²) in [6.07, 6.45) is 24.7. The molecule has 0 N–H and O–H groups in total. The zero-order valence-electron chi connectivity index (χ0n) is 49.8. The van der Waals surface area contributed by atoms with Gasteiger partial charge in [-0.3, -0.25) is 19.9 Å². The van der Waals surface area contributed by atoms with Gasteiger partial charge in [0.2, 0.25) is 0 Å². The van der Waals surface area contributed by atoms with E-state index in [1.807, 2.05) is 102 Å². The number of aryl methyl sites for hydroxylation is 2. The Balaban J connectivity index is -0.000000154. The molecule has 14 heteroatoms. The summed E-state index contributed by atoms with van der Waals surface area (Å²) in [5.41, 5.74) is 10.4. The van der Waals surface area contributed by atoms with E-state index in [1.165, 1.54) is 35.5 Å². The van der Waals surface area contributed by atoms with Crippen molar-refractivity contribution in [3.8, 4) is 0 Å². The largest absolute Gasteiger partial charge is 0.399 e. The molecule has 0 unspecified atom stereocenters. The van der Waals surface area contributed by atoms with E-state index in [9.17, 15) is 0 Å². The standard InChI is InChI=1S/C11H15N.C9H13N.2C8H12N2.C7H10N2.C7H11NS.C6H13NO.C5H11NO.6CH4/c1-9(2)11(6-7-11)10-5-3-4-8-12-10;1-8(2)7-9-5-3-4-6-10-9;1-6(2)8-5-9-7(3)4-10-8;1-6(2)8-9-4-7(3)5-10-8;1-6(2)7-3-8-5-9-4-7;1-6(2)3-7-4-9-5-8-7;1-4-8-7-5-6(2)3;1-5(2)4-6-7-3;;;;;;/h3-5,8-9H,6-7H2,1-2H3;3-6,8H,7H2,1-2H3;2*4-6H,1-3H3;3-6H,1-2H3;4-6H,3H2,1-2H3;5-6H,4H2,1-3H3;4-5H,1-3H3;6*1H4. The number of rotatable bonds is 14. The number of nitrogens with zero attached hydrogens (tertiary/aromatic N) is 11. The number of thiazole rings is 1. The molecule has 0 saturated heterocycles. The second-order valence-electron chi connectivity index (χ2n) is 21.0. The molecule has 6 heterocycles. The highest BCUT2D eigenvalue weighted by atomic mass is 32.1. The molecule has 81 heavy (non-hydrogen) atoms. The Kier molecular flexibility index (Phi) is 58.6. The minimum atomic E-state index is 0. The van der Waals surface area contributed by atoms with Gasteiger partial charge >= 0.3 is 0 Å². The van der Waals surface area contributed by atoms with Crippen LogP contribution in [0.4, 0.5) is 0 Å². The summed E-state index contributed by atoms with van der Waals surface area (Å²) in [7, 11) is 1.54. The molecule has 1 fully saturated rings. The van der Waals surface area contributed by atoms with Crippen molar-refractivity contribution in [1.29, 1.82) is 0 Å². The molecule has 6 aromatic rings. The monoisotopic (exact) mass is 1140 g/mol. The third-order valence-electron chi connectivity index (χ3n) is 10.5. The second kappa shape index (κ2) is 53.4. The molecule has 0 aliphatic heterocycles. The van der Waals surface area contributed by atoms with Crippen molar-refractivity contribution in [1.82, 2.24) is 44.9 Å². The van der Waals surface area contributed by atoms with Gasteiger partial charge in [-0.2, -0.15) is 0 Å². The summed E-state index contributed by atoms with van der Waals surface area (Å²) in [4.78, 5) is 46.4. The van der Waals surface area contributed by atoms with Crippen LogP contribution in [-0.4, -0.2) is 71.0 Å². The Hall–Kier alpha value is -5.89. The van der Waals surface area contributed by atoms with E-state index < -0.39 is 0 Å². The second-order valence-corrected chi connectivity index (χ2v) is 21.7. The highest BCUT2D eigenvalue weighted by molar-refractivity contribution is 7.07. The Morgan fingerprint density at radius 2 is 1.10 bits per heavy atom. The maximum atomic E-state index is 4.71. The first kappa shape index (κ1) is 88.9. The van der Waals surface area contributed by atoms with Gasteiger partial charge < -0.3 is 9.68 Å². The lowest BCUT2D eigenvalue weighted by molar-refractivity contribution is 0.159. The number of hydrogen-bond donors (Lipinski definition) is 0. The first-order valence-corrected chi connectivity index (χ1v) is 27.7. The number of pyridine rings is 2. The van der Waals surface area contributed by atoms with Crippen LogP contribution in [0.25, 0.3) is 0 Å². The van der Waals surface area contributed by atoms with E-state index in [4.69, 9.17) is 4.84 Å². The topological polar surface area (TPSA) is 159 Å². The SMILES string of the molecule is C.C.C.C.C.C.CC(C)C1(c2ccccn2)CC1.CC(C)Cc1ccccn1.CC(C)Cc1cscn1.CC(C)c1cncnc1.CCON=CC(C)C.CON=CC(C)C.Cc1cnc(C(C)C)cn1.Cc1cnc(C(C)C)nc1. The van der Waals surface area contributed by atoms with Crippen LogP contribution >= 0.6 is 11.3 Å². The molecule has 462 valence electrons. The van der Waals surface area contributed by atoms with Gasteiger partial charge in [-0.05, 0) is 123 Å². The maximum Gasteiger partial charge on any atom is 0.130 e. The molecular formula is C67H121N11O2S. The predicted octanol–water partition coefficient (Wildman–Crippen LogP) is 19.6. The van der Waals surface area contributed by atoms with Gasteiger partial charge in [-0.1, -0.05) is 178 Å². The lowest BCUT2D eigenvalue weighted by atomic mass is 9.89. The normalized spacial score (nSPS) is 11.1. The molecule has 0 aromatic carbocycles. The summed E-state index contributed by atoms with van der Waals surface area (Å²) < 4.78 is 0. The van der Waals surface area contributed by atoms with Crippen LogP contribution in [0.2, 0.25) is 0 Å². The molecule has 13 nitrogen and oxygen atoms in total. The van der Waals surface area contributed by atoms with Crippen LogP contribution in [0.15, 0.2) is 114 Å². The average Bonchev–Trinajstić information content (AvgIpc) is 4.05. The molecule has 1 aliphatic carbocycles. The zero-order chi connectivity index (χ0) is 56.6. The van der Waals surface area contributed by atoms with Crippen LogP contribution < -0.4 is 0 Å². The molecule has 0 atom stereocenters. The van der Waals surface area contributed by atoms with Gasteiger partial charge in [-0.25, -0.2) is 24.9 Å². The van der Waals surface area contributed by atoms with Crippen LogP contribution in [0.3, 0.4) is 0 Å². The molecule has 7 rings (SSSR count). The third-order valence-corrected chi connectivity index (χ3v) is 11.1. The lowest BCUT2D eigenvalue weighted by Gasteiger charge is -2.18. The van der Waals surface area contributed by atoms with Gasteiger partial charge in [0, 0.05) is 90.1 Å². The summed E-state index contributed by atoms with van der Waals surface area (Å²) in [6, 6.07) is 12.3. The summed E-state index contributed by atoms with van der Waals surface area (Å²) in [6.45, 7) is 40.8. The molecule has 1 saturated carbocycles. The van der Waals surface area contributed by atoms with Gasteiger partial charge in [0.1, 0.15) is 25.9 Å². The number of oxime groups is 2. The van der Waals surface area contributed by atoms with E-state index in [1.54, 1.807) is 43.4 Å². The quantitative estimate of drug-likeness (QED) is 0.0754. The molecule has 0 bridgehead atoms. The molecular weight excluding hydrogens is 1020 g/mol. The average molecular weight is 1140 g/mol. The van der Waals surface area contributed by atoms with Crippen molar-refractivity contribution in [2.45, 2.75) is 225 Å². The van der Waals surface area contributed by atoms with E-state index in [-0.39, 0.29) is 44.6 Å². The van der Waals surface area contributed by atoms with E-state index in [0.29, 0.717) is 47.5 Å². The molecule has 0 amide bonds. The van der Waals surface area contributed by atoms with Crippen molar-refractivity contribution < 1.29 is 9.68 Å². The summed E-state index contributed by atoms with van der Waals surface area (Å²) >= 11 is 1.67. The minimum absolute atomic E-state index is 0. The van der Waals surface area contributed by atoms with E-state index >= 15 is 0 Å². The van der Waals surface area contributed by atoms with Crippen molar-refractivity contribution in [2.75, 3.05) is 13.7 Å². The first-order chi connectivity index (χ1) is 35.6. The van der Waals surface area contributed by atoms with Crippen molar-refractivity contribution in [2.24, 2.45) is 39.9 Å². The number of aromatic nitrogens is 9. The number of hydrogen-bond acceptors (Lipinski definition) is 14. The maximum absolute atomic E-state index is 4.71. The smallest absolute Gasteiger partial charge is 0.130 e. The van der Waals surface area contributed by atoms with Gasteiger partial charge in [-0.15, -0.1) is 11.3 Å². The van der Waals surface area contributed by atoms with Crippen molar-refractivity contribution >= 4 is 23.8 Å². The van der Waals surface area contributed by atoms with Crippen LogP contribution in [-0.2, 0) is 27.9 Å². The van der Waals surface area contributed by atoms with Crippen LogP contribution in [0.1, 0.15) is 238 Å². The summed E-state index contributed by atoms with van der Waals surface area (Å²) in [5.74, 6) is 5.50. The molecule has 0 spiro atoms. The Labute approximate surface area is 503 Å². The van der Waals surface area contributed by atoms with Gasteiger partial charge in [0.25, 0.3) is 0 Å². The first-order valence-electron chi connectivity index (χ1n) is 26.8. The fourth-order valence-electron chi connectivity index (χ4n) is 6.05.